The Labute approximate surface area is 138 Å². The molecular weight excluding hydrogens is 406 g/mol. The van der Waals surface area contributed by atoms with E-state index in [0.717, 1.165) is 0 Å². The Hall–Kier alpha value is -1.47. The maximum atomic E-state index is 13.3. The van der Waals surface area contributed by atoms with Gasteiger partial charge in [0.05, 0.1) is 22.5 Å². The first kappa shape index (κ1) is 14.5. The maximum absolute atomic E-state index is 13.3. The number of halogens is 3. The molecule has 0 saturated heterocycles. The molecule has 0 aliphatic carbocycles. The smallest absolute Gasteiger partial charge is 0.266 e. The number of hydrogen-bond acceptors (Lipinski definition) is 2. The van der Waals surface area contributed by atoms with Crippen molar-refractivity contribution < 1.29 is 4.39 Å². The molecule has 0 N–H and O–H groups in total. The number of para-hydroxylation sites is 1. The van der Waals surface area contributed by atoms with Crippen LogP contribution < -0.4 is 5.56 Å². The van der Waals surface area contributed by atoms with Crippen LogP contribution >= 0.6 is 34.2 Å². The fourth-order valence-corrected chi connectivity index (χ4v) is 3.08. The summed E-state index contributed by atoms with van der Waals surface area (Å²) >= 11 is 7.93. The van der Waals surface area contributed by atoms with E-state index in [1.54, 1.807) is 24.3 Å². The molecule has 0 atom stereocenters. The molecule has 3 rings (SSSR count). The fourth-order valence-electron chi connectivity index (χ4n) is 2.18. The number of alkyl halides is 1. The van der Waals surface area contributed by atoms with Gasteiger partial charge in [-0.1, -0.05) is 12.1 Å². The summed E-state index contributed by atoms with van der Waals surface area (Å²) in [5, 5.41) is 0.506. The molecule has 0 saturated carbocycles. The summed E-state index contributed by atoms with van der Waals surface area (Å²) in [4.78, 5) is 17.1. The van der Waals surface area contributed by atoms with Gasteiger partial charge in [0.1, 0.15) is 11.6 Å². The Balaban J connectivity index is 2.41. The highest BCUT2D eigenvalue weighted by Gasteiger charge is 2.14. The lowest BCUT2D eigenvalue weighted by atomic mass is 10.2. The molecule has 1 heterocycles. The molecule has 0 radical (unpaired) electrons. The molecule has 3 nitrogen and oxygen atoms in total. The number of hydrogen-bond donors (Lipinski definition) is 0. The van der Waals surface area contributed by atoms with Crippen LogP contribution in [0.25, 0.3) is 16.6 Å². The van der Waals surface area contributed by atoms with E-state index in [1.165, 1.54) is 16.7 Å². The third-order valence-electron chi connectivity index (χ3n) is 3.12. The van der Waals surface area contributed by atoms with Gasteiger partial charge in [-0.15, -0.1) is 11.6 Å². The monoisotopic (exact) mass is 414 g/mol. The van der Waals surface area contributed by atoms with Crippen molar-refractivity contribution in [3.63, 3.8) is 0 Å². The molecule has 6 heteroatoms. The third-order valence-corrected chi connectivity index (χ3v) is 4.22. The topological polar surface area (TPSA) is 34.9 Å². The maximum Gasteiger partial charge on any atom is 0.266 e. The zero-order valence-electron chi connectivity index (χ0n) is 10.7. The van der Waals surface area contributed by atoms with Crippen LogP contribution in [0, 0.1) is 9.39 Å². The van der Waals surface area contributed by atoms with E-state index in [-0.39, 0.29) is 17.3 Å². The van der Waals surface area contributed by atoms with E-state index in [0.29, 0.717) is 26.0 Å². The zero-order chi connectivity index (χ0) is 15.0. The number of benzene rings is 2. The van der Waals surface area contributed by atoms with Gasteiger partial charge in [-0.05, 0) is 52.9 Å². The quantitative estimate of drug-likeness (QED) is 0.471. The molecule has 21 heavy (non-hydrogen) atoms. The van der Waals surface area contributed by atoms with E-state index in [4.69, 9.17) is 11.6 Å². The predicted molar refractivity (Wildman–Crippen MR) is 89.6 cm³/mol. The first-order valence-electron chi connectivity index (χ1n) is 6.14. The van der Waals surface area contributed by atoms with Crippen molar-refractivity contribution in [3.05, 3.63) is 68.0 Å². The Kier molecular flexibility index (Phi) is 3.95. The average Bonchev–Trinajstić information content (AvgIpc) is 2.48. The van der Waals surface area contributed by atoms with Crippen LogP contribution in [0.2, 0.25) is 0 Å². The zero-order valence-corrected chi connectivity index (χ0v) is 13.6. The summed E-state index contributed by atoms with van der Waals surface area (Å²) in [6.45, 7) is 0. The molecule has 0 bridgehead atoms. The molecule has 0 aliphatic heterocycles. The van der Waals surface area contributed by atoms with Crippen LogP contribution in [0.5, 0.6) is 0 Å². The molecule has 0 spiro atoms. The largest absolute Gasteiger partial charge is 0.268 e. The van der Waals surface area contributed by atoms with Gasteiger partial charge in [-0.3, -0.25) is 9.36 Å². The van der Waals surface area contributed by atoms with Gasteiger partial charge < -0.3 is 0 Å². The molecular formula is C15H9ClFIN2O. The minimum Gasteiger partial charge on any atom is -0.268 e. The molecule has 1 aromatic heterocycles. The standard InChI is InChI=1S/C15H9ClFIN2O/c16-8-14-19-12-4-2-1-3-10(12)15(21)20(14)13-6-5-9(17)7-11(13)18/h1-7H,8H2. The normalized spacial score (nSPS) is 11.0. The second-order valence-electron chi connectivity index (χ2n) is 4.42. The van der Waals surface area contributed by atoms with Gasteiger partial charge in [0.25, 0.3) is 5.56 Å². The summed E-state index contributed by atoms with van der Waals surface area (Å²) in [5.74, 6) is 0.176. The van der Waals surface area contributed by atoms with Crippen LogP contribution in [0.3, 0.4) is 0 Å². The lowest BCUT2D eigenvalue weighted by molar-refractivity contribution is 0.626. The van der Waals surface area contributed by atoms with Crippen molar-refractivity contribution in [3.8, 4) is 5.69 Å². The van der Waals surface area contributed by atoms with E-state index < -0.39 is 0 Å². The van der Waals surface area contributed by atoms with Crippen LogP contribution in [0.4, 0.5) is 4.39 Å². The minimum absolute atomic E-state index is 0.0908. The second-order valence-corrected chi connectivity index (χ2v) is 5.84. The highest BCUT2D eigenvalue weighted by Crippen LogP contribution is 2.20. The van der Waals surface area contributed by atoms with Crippen LogP contribution in [0.15, 0.2) is 47.3 Å². The summed E-state index contributed by atoms with van der Waals surface area (Å²) in [6, 6.07) is 11.3. The Morgan fingerprint density at radius 2 is 2.00 bits per heavy atom. The summed E-state index contributed by atoms with van der Waals surface area (Å²) < 4.78 is 15.3. The molecule has 0 amide bonds. The van der Waals surface area contributed by atoms with Gasteiger partial charge in [0.15, 0.2) is 0 Å². The molecule has 2 aromatic carbocycles. The predicted octanol–water partition coefficient (Wildman–Crippen LogP) is 3.87. The third kappa shape index (κ3) is 2.55. The summed E-state index contributed by atoms with van der Waals surface area (Å²) in [5.41, 5.74) is 0.975. The summed E-state index contributed by atoms with van der Waals surface area (Å²) in [7, 11) is 0. The van der Waals surface area contributed by atoms with Crippen molar-refractivity contribution >= 4 is 45.1 Å². The average molecular weight is 415 g/mol. The van der Waals surface area contributed by atoms with Crippen molar-refractivity contribution in [1.82, 2.24) is 9.55 Å². The first-order chi connectivity index (χ1) is 10.1. The van der Waals surface area contributed by atoms with E-state index in [9.17, 15) is 9.18 Å². The van der Waals surface area contributed by atoms with Crippen molar-refractivity contribution in [2.24, 2.45) is 0 Å². The lowest BCUT2D eigenvalue weighted by Crippen LogP contribution is -2.24. The number of nitrogens with zero attached hydrogens (tertiary/aromatic N) is 2. The number of fused-ring (bicyclic) bond motifs is 1. The van der Waals surface area contributed by atoms with E-state index in [2.05, 4.69) is 4.98 Å². The highest BCUT2D eigenvalue weighted by molar-refractivity contribution is 14.1. The second kappa shape index (κ2) is 5.73. The van der Waals surface area contributed by atoms with Gasteiger partial charge in [0.2, 0.25) is 0 Å². The first-order valence-corrected chi connectivity index (χ1v) is 7.75. The highest BCUT2D eigenvalue weighted by atomic mass is 127. The van der Waals surface area contributed by atoms with Gasteiger partial charge in [-0.25, -0.2) is 9.37 Å². The summed E-state index contributed by atoms with van der Waals surface area (Å²) in [6.07, 6.45) is 0. The molecule has 0 unspecified atom stereocenters. The van der Waals surface area contributed by atoms with E-state index >= 15 is 0 Å². The molecule has 0 aliphatic rings. The minimum atomic E-state index is -0.350. The van der Waals surface area contributed by atoms with Gasteiger partial charge in [-0.2, -0.15) is 0 Å². The van der Waals surface area contributed by atoms with Crippen LogP contribution in [-0.2, 0) is 5.88 Å². The van der Waals surface area contributed by atoms with Gasteiger partial charge >= 0.3 is 0 Å². The van der Waals surface area contributed by atoms with Crippen LogP contribution in [0.1, 0.15) is 5.82 Å². The molecule has 0 fully saturated rings. The van der Waals surface area contributed by atoms with Crippen LogP contribution in [-0.4, -0.2) is 9.55 Å². The number of rotatable bonds is 2. The SMILES string of the molecule is O=c1c2ccccc2nc(CCl)n1-c1ccc(F)cc1I. The Morgan fingerprint density at radius 3 is 2.71 bits per heavy atom. The lowest BCUT2D eigenvalue weighted by Gasteiger charge is -2.13. The number of aromatic nitrogens is 2. The Morgan fingerprint density at radius 1 is 1.24 bits per heavy atom. The van der Waals surface area contributed by atoms with Crippen molar-refractivity contribution in [1.29, 1.82) is 0 Å². The fraction of sp³-hybridized carbons (Fsp3) is 0.0667. The molecule has 3 aromatic rings. The molecule has 106 valence electrons. The Bertz CT molecular complexity index is 894. The van der Waals surface area contributed by atoms with Gasteiger partial charge in [0, 0.05) is 3.57 Å². The van der Waals surface area contributed by atoms with E-state index in [1.807, 2.05) is 28.7 Å². The van der Waals surface area contributed by atoms with Crippen molar-refractivity contribution in [2.45, 2.75) is 5.88 Å². The van der Waals surface area contributed by atoms with Crippen molar-refractivity contribution in [2.75, 3.05) is 0 Å².